The highest BCUT2D eigenvalue weighted by Gasteiger charge is 2.10. The van der Waals surface area contributed by atoms with E-state index in [2.05, 4.69) is 30.2 Å². The third-order valence-electron chi connectivity index (χ3n) is 2.91. The molecule has 0 spiro atoms. The Labute approximate surface area is 99.5 Å². The zero-order chi connectivity index (χ0) is 11.8. The molecular weight excluding hydrogens is 210 g/mol. The van der Waals surface area contributed by atoms with E-state index in [-0.39, 0.29) is 0 Å². The maximum Gasteiger partial charge on any atom is 0.102 e. The number of aryl methyl sites for hydroxylation is 1. The van der Waals surface area contributed by atoms with Crippen LogP contribution in [-0.4, -0.2) is 9.89 Å². The van der Waals surface area contributed by atoms with Crippen LogP contribution in [0, 0.1) is 6.92 Å². The van der Waals surface area contributed by atoms with Crippen molar-refractivity contribution >= 4 is 10.9 Å². The zero-order valence-electron chi connectivity index (χ0n) is 9.59. The lowest BCUT2D eigenvalue weighted by molar-refractivity contribution is 0.866. The van der Waals surface area contributed by atoms with E-state index in [9.17, 15) is 0 Å². The molecule has 0 unspecified atom stereocenters. The number of nitrogen functional groups attached to an aromatic ring is 1. The van der Waals surface area contributed by atoms with Crippen LogP contribution in [0.4, 0.5) is 0 Å². The molecule has 0 fully saturated rings. The fourth-order valence-electron chi connectivity index (χ4n) is 2.06. The molecule has 17 heavy (non-hydrogen) atoms. The van der Waals surface area contributed by atoms with E-state index in [0.717, 1.165) is 22.2 Å². The van der Waals surface area contributed by atoms with Crippen molar-refractivity contribution in [2.75, 3.05) is 5.84 Å². The highest BCUT2D eigenvalue weighted by atomic mass is 15.5. The standard InChI is InChI=1S/C14H13N3/c1-10-7-8-12-13(9-10)17(15)16-14(12)11-5-3-2-4-6-11/h2-9H,15H2,1H3. The number of hydrogen-bond acceptors (Lipinski definition) is 2. The topological polar surface area (TPSA) is 43.8 Å². The number of hydrogen-bond donors (Lipinski definition) is 1. The van der Waals surface area contributed by atoms with Crippen LogP contribution < -0.4 is 5.84 Å². The number of benzene rings is 2. The van der Waals surface area contributed by atoms with E-state index in [0.29, 0.717) is 0 Å². The molecule has 0 aliphatic heterocycles. The quantitative estimate of drug-likeness (QED) is 0.645. The minimum atomic E-state index is 0.933. The highest BCUT2D eigenvalue weighted by molar-refractivity contribution is 5.93. The third kappa shape index (κ3) is 1.56. The fraction of sp³-hybridized carbons (Fsp3) is 0.0714. The van der Waals surface area contributed by atoms with Gasteiger partial charge in [0, 0.05) is 10.9 Å². The second-order valence-corrected chi connectivity index (χ2v) is 4.18. The predicted molar refractivity (Wildman–Crippen MR) is 70.1 cm³/mol. The SMILES string of the molecule is Cc1ccc2c(-c3ccccc3)nn(N)c2c1. The third-order valence-corrected chi connectivity index (χ3v) is 2.91. The van der Waals surface area contributed by atoms with E-state index >= 15 is 0 Å². The summed E-state index contributed by atoms with van der Waals surface area (Å²) in [6.07, 6.45) is 0. The maximum atomic E-state index is 5.89. The van der Waals surface area contributed by atoms with Crippen molar-refractivity contribution in [2.24, 2.45) is 0 Å². The predicted octanol–water partition coefficient (Wildman–Crippen LogP) is 2.73. The number of rotatable bonds is 1. The maximum absolute atomic E-state index is 5.89. The van der Waals surface area contributed by atoms with Crippen molar-refractivity contribution in [3.05, 3.63) is 54.1 Å². The van der Waals surface area contributed by atoms with Crippen molar-refractivity contribution in [3.63, 3.8) is 0 Å². The molecular formula is C14H13N3. The van der Waals surface area contributed by atoms with Gasteiger partial charge in [0.1, 0.15) is 5.69 Å². The molecule has 0 radical (unpaired) electrons. The van der Waals surface area contributed by atoms with E-state index in [1.165, 1.54) is 10.4 Å². The van der Waals surface area contributed by atoms with Gasteiger partial charge in [0.15, 0.2) is 0 Å². The summed E-state index contributed by atoms with van der Waals surface area (Å²) in [7, 11) is 0. The molecule has 84 valence electrons. The molecule has 0 saturated heterocycles. The summed E-state index contributed by atoms with van der Waals surface area (Å²) < 4.78 is 0. The molecule has 2 aromatic carbocycles. The van der Waals surface area contributed by atoms with Gasteiger partial charge in [-0.15, -0.1) is 0 Å². The Hall–Kier alpha value is -2.29. The van der Waals surface area contributed by atoms with Crippen LogP contribution in [0.15, 0.2) is 48.5 Å². The molecule has 3 rings (SSSR count). The highest BCUT2D eigenvalue weighted by Crippen LogP contribution is 2.27. The lowest BCUT2D eigenvalue weighted by Crippen LogP contribution is -2.09. The number of aromatic nitrogens is 2. The fourth-order valence-corrected chi connectivity index (χ4v) is 2.06. The second kappa shape index (κ2) is 3.63. The molecule has 3 heteroatoms. The van der Waals surface area contributed by atoms with Gasteiger partial charge in [0.25, 0.3) is 0 Å². The summed E-state index contributed by atoms with van der Waals surface area (Å²) in [5.41, 5.74) is 4.17. The van der Waals surface area contributed by atoms with Crippen LogP contribution >= 0.6 is 0 Å². The molecule has 3 aromatic rings. The largest absolute Gasteiger partial charge is 0.323 e. The monoisotopic (exact) mass is 223 g/mol. The first-order valence-electron chi connectivity index (χ1n) is 5.55. The summed E-state index contributed by atoms with van der Waals surface area (Å²) in [6.45, 7) is 2.05. The van der Waals surface area contributed by atoms with Crippen molar-refractivity contribution in [2.45, 2.75) is 6.92 Å². The van der Waals surface area contributed by atoms with E-state index < -0.39 is 0 Å². The summed E-state index contributed by atoms with van der Waals surface area (Å²) >= 11 is 0. The van der Waals surface area contributed by atoms with E-state index in [4.69, 9.17) is 5.84 Å². The minimum absolute atomic E-state index is 0.933. The van der Waals surface area contributed by atoms with Crippen LogP contribution in [0.5, 0.6) is 0 Å². The van der Waals surface area contributed by atoms with Crippen LogP contribution in [0.2, 0.25) is 0 Å². The van der Waals surface area contributed by atoms with Crippen LogP contribution in [0.1, 0.15) is 5.56 Å². The van der Waals surface area contributed by atoms with Crippen molar-refractivity contribution < 1.29 is 0 Å². The normalized spacial score (nSPS) is 10.9. The lowest BCUT2D eigenvalue weighted by atomic mass is 10.1. The lowest BCUT2D eigenvalue weighted by Gasteiger charge is -1.97. The second-order valence-electron chi connectivity index (χ2n) is 4.18. The Morgan fingerprint density at radius 2 is 1.82 bits per heavy atom. The van der Waals surface area contributed by atoms with E-state index in [1.54, 1.807) is 0 Å². The molecule has 2 N–H and O–H groups in total. The number of fused-ring (bicyclic) bond motifs is 1. The number of nitrogens with two attached hydrogens (primary N) is 1. The average Bonchev–Trinajstić information content (AvgIpc) is 2.68. The Kier molecular flexibility index (Phi) is 2.11. The Morgan fingerprint density at radius 3 is 2.59 bits per heavy atom. The molecule has 3 nitrogen and oxygen atoms in total. The van der Waals surface area contributed by atoms with Crippen LogP contribution in [0.3, 0.4) is 0 Å². The Bertz CT molecular complexity index is 669. The van der Waals surface area contributed by atoms with E-state index in [1.807, 2.05) is 30.3 Å². The van der Waals surface area contributed by atoms with Gasteiger partial charge >= 0.3 is 0 Å². The molecule has 0 aliphatic carbocycles. The molecule has 0 saturated carbocycles. The first kappa shape index (κ1) is 9.90. The molecule has 0 atom stereocenters. The Balaban J connectivity index is 2.32. The molecule has 1 heterocycles. The van der Waals surface area contributed by atoms with Gasteiger partial charge < -0.3 is 5.84 Å². The van der Waals surface area contributed by atoms with Gasteiger partial charge in [-0.2, -0.15) is 9.89 Å². The zero-order valence-corrected chi connectivity index (χ0v) is 9.59. The van der Waals surface area contributed by atoms with Gasteiger partial charge in [-0.1, -0.05) is 42.5 Å². The molecule has 0 aliphatic rings. The van der Waals surface area contributed by atoms with Crippen molar-refractivity contribution in [1.29, 1.82) is 0 Å². The summed E-state index contributed by atoms with van der Waals surface area (Å²) in [4.78, 5) is 1.45. The van der Waals surface area contributed by atoms with Gasteiger partial charge in [-0.05, 0) is 18.6 Å². The van der Waals surface area contributed by atoms with Gasteiger partial charge in [-0.3, -0.25) is 0 Å². The molecule has 1 aromatic heterocycles. The molecule has 0 amide bonds. The number of nitrogens with zero attached hydrogens (tertiary/aromatic N) is 2. The summed E-state index contributed by atoms with van der Waals surface area (Å²) in [5.74, 6) is 5.89. The van der Waals surface area contributed by atoms with Crippen molar-refractivity contribution in [1.82, 2.24) is 9.89 Å². The van der Waals surface area contributed by atoms with Crippen molar-refractivity contribution in [3.8, 4) is 11.3 Å². The van der Waals surface area contributed by atoms with Gasteiger partial charge in [-0.25, -0.2) is 0 Å². The first-order chi connectivity index (χ1) is 8.25. The summed E-state index contributed by atoms with van der Waals surface area (Å²) in [6, 6.07) is 16.3. The first-order valence-corrected chi connectivity index (χ1v) is 5.55. The molecule has 0 bridgehead atoms. The van der Waals surface area contributed by atoms with Gasteiger partial charge in [0.2, 0.25) is 0 Å². The van der Waals surface area contributed by atoms with Crippen LogP contribution in [-0.2, 0) is 0 Å². The van der Waals surface area contributed by atoms with Crippen LogP contribution in [0.25, 0.3) is 22.2 Å². The smallest absolute Gasteiger partial charge is 0.102 e. The van der Waals surface area contributed by atoms with Gasteiger partial charge in [0.05, 0.1) is 5.52 Å². The minimum Gasteiger partial charge on any atom is -0.323 e. The average molecular weight is 223 g/mol. The Morgan fingerprint density at radius 1 is 1.06 bits per heavy atom. The summed E-state index contributed by atoms with van der Waals surface area (Å²) in [5, 5.41) is 5.48.